The summed E-state index contributed by atoms with van der Waals surface area (Å²) in [5, 5.41) is 7.59. The lowest BCUT2D eigenvalue weighted by molar-refractivity contribution is -0.141. The highest BCUT2D eigenvalue weighted by molar-refractivity contribution is 7.92. The molecule has 5 amide bonds. The molecule has 4 heterocycles. The van der Waals surface area contributed by atoms with E-state index in [4.69, 9.17) is 21.1 Å². The Morgan fingerprint density at radius 2 is 1.87 bits per heavy atom. The van der Waals surface area contributed by atoms with Crippen molar-refractivity contribution in [3.63, 3.8) is 0 Å². The van der Waals surface area contributed by atoms with Gasteiger partial charge in [0.2, 0.25) is 11.8 Å². The van der Waals surface area contributed by atoms with E-state index >= 15 is 0 Å². The van der Waals surface area contributed by atoms with Crippen LogP contribution in [0.5, 0.6) is 0 Å². The standard InChI is InChI=1S/C36H44ClN5O9S2/c1-35(2,3)51-33(46)38-27-14-8-6-4-5-7-12-23-18-36(23,32(45)40-53(48,49)29-15-10-16-52-29)39-30(43)28-17-24(20-42(28)31(27)44)50-34(47)41-19-22-11-9-13-26(37)25(22)21-41/h7,9-13,15-16,23-24,27-28H,4-6,8,14,17-21H2,1-3H3,(H,38,46)(H,39,43)(H,40,45)/t23-,24-,27+,28+,36-/m1/s1. The van der Waals surface area contributed by atoms with E-state index in [0.717, 1.165) is 35.3 Å². The molecule has 17 heteroatoms. The third-order valence-electron chi connectivity index (χ3n) is 9.77. The summed E-state index contributed by atoms with van der Waals surface area (Å²) in [6, 6.07) is 6.06. The van der Waals surface area contributed by atoms with Crippen LogP contribution < -0.4 is 15.4 Å². The van der Waals surface area contributed by atoms with Crippen molar-refractivity contribution >= 4 is 62.9 Å². The van der Waals surface area contributed by atoms with Crippen LogP contribution in [0.4, 0.5) is 9.59 Å². The fourth-order valence-corrected chi connectivity index (χ4v) is 9.31. The number of rotatable bonds is 5. The van der Waals surface area contributed by atoms with Gasteiger partial charge in [-0.05, 0) is 75.1 Å². The first kappa shape index (κ1) is 38.6. The predicted octanol–water partition coefficient (Wildman–Crippen LogP) is 4.62. The first-order valence-corrected chi connectivity index (χ1v) is 20.4. The minimum atomic E-state index is -4.21. The van der Waals surface area contributed by atoms with Gasteiger partial charge >= 0.3 is 12.2 Å². The second kappa shape index (κ2) is 15.3. The zero-order chi connectivity index (χ0) is 38.1. The SMILES string of the molecule is CC(C)(C)OC(=O)N[C@H]1CCCCCC=C[C@@H]2C[C@@]2(C(=O)NS(=O)(=O)c2cccs2)NC(=O)[C@@H]2C[C@@H](OC(=O)N3Cc4cccc(Cl)c4C3)CN2C1=O. The van der Waals surface area contributed by atoms with E-state index in [1.165, 1.54) is 15.9 Å². The van der Waals surface area contributed by atoms with E-state index < -0.39 is 75.2 Å². The number of ether oxygens (including phenoxy) is 2. The molecule has 0 radical (unpaired) electrons. The van der Waals surface area contributed by atoms with Crippen LogP contribution in [-0.4, -0.2) is 84.0 Å². The van der Waals surface area contributed by atoms with E-state index in [9.17, 15) is 32.4 Å². The molecule has 0 unspecified atom stereocenters. The number of amides is 5. The summed E-state index contributed by atoms with van der Waals surface area (Å²) in [6.07, 6.45) is 4.37. The second-order valence-electron chi connectivity index (χ2n) is 14.9. The Labute approximate surface area is 317 Å². The number of allylic oxidation sites excluding steroid dienone is 1. The first-order valence-electron chi connectivity index (χ1n) is 17.7. The molecule has 1 saturated heterocycles. The van der Waals surface area contributed by atoms with Crippen molar-refractivity contribution in [2.75, 3.05) is 6.54 Å². The number of hydrogen-bond donors (Lipinski definition) is 3. The quantitative estimate of drug-likeness (QED) is 0.365. The number of carbonyl (C=O) groups is 5. The zero-order valence-electron chi connectivity index (χ0n) is 29.8. The number of thiophene rings is 1. The lowest BCUT2D eigenvalue weighted by Crippen LogP contribution is -2.58. The van der Waals surface area contributed by atoms with Crippen molar-refractivity contribution in [2.45, 2.75) is 112 Å². The summed E-state index contributed by atoms with van der Waals surface area (Å²) >= 11 is 7.31. The molecule has 53 heavy (non-hydrogen) atoms. The molecular weight excluding hydrogens is 746 g/mol. The fourth-order valence-electron chi connectivity index (χ4n) is 7.02. The maximum absolute atomic E-state index is 14.4. The molecule has 1 aliphatic carbocycles. The topological polar surface area (TPSA) is 181 Å². The highest BCUT2D eigenvalue weighted by atomic mass is 35.5. The number of halogens is 1. The average molecular weight is 790 g/mol. The van der Waals surface area contributed by atoms with Crippen LogP contribution in [-0.2, 0) is 47.0 Å². The molecule has 0 spiro atoms. The molecule has 3 aliphatic heterocycles. The first-order chi connectivity index (χ1) is 25.1. The summed E-state index contributed by atoms with van der Waals surface area (Å²) in [4.78, 5) is 71.5. The number of alkyl carbamates (subject to hydrolysis) is 1. The molecular formula is C36H44ClN5O9S2. The van der Waals surface area contributed by atoms with Gasteiger partial charge in [-0.25, -0.2) is 22.7 Å². The monoisotopic (exact) mass is 789 g/mol. The maximum Gasteiger partial charge on any atom is 0.410 e. The van der Waals surface area contributed by atoms with E-state index in [0.29, 0.717) is 17.9 Å². The molecule has 4 aliphatic rings. The molecule has 6 rings (SSSR count). The van der Waals surface area contributed by atoms with Gasteiger partial charge in [-0.15, -0.1) is 11.3 Å². The molecule has 2 fully saturated rings. The Kier molecular flexibility index (Phi) is 11.1. The number of nitrogens with one attached hydrogen (secondary N) is 3. The third-order valence-corrected chi connectivity index (χ3v) is 12.9. The number of benzene rings is 1. The summed E-state index contributed by atoms with van der Waals surface area (Å²) in [6.45, 7) is 5.45. The van der Waals surface area contributed by atoms with Gasteiger partial charge in [0.05, 0.1) is 13.1 Å². The zero-order valence-corrected chi connectivity index (χ0v) is 32.2. The number of nitrogens with zero attached hydrogens (tertiary/aromatic N) is 2. The van der Waals surface area contributed by atoms with Crippen LogP contribution in [0.3, 0.4) is 0 Å². The minimum absolute atomic E-state index is 0.0532. The summed E-state index contributed by atoms with van der Waals surface area (Å²) < 4.78 is 39.6. The van der Waals surface area contributed by atoms with Gasteiger partial charge in [0.25, 0.3) is 15.9 Å². The van der Waals surface area contributed by atoms with Crippen LogP contribution >= 0.6 is 22.9 Å². The van der Waals surface area contributed by atoms with Gasteiger partial charge < -0.3 is 25.0 Å². The highest BCUT2D eigenvalue weighted by Crippen LogP contribution is 2.46. The average Bonchev–Trinajstić information content (AvgIpc) is 3.55. The van der Waals surface area contributed by atoms with Gasteiger partial charge in [-0.1, -0.05) is 54.8 Å². The van der Waals surface area contributed by atoms with Gasteiger partial charge in [-0.2, -0.15) is 0 Å². The summed E-state index contributed by atoms with van der Waals surface area (Å²) in [5.74, 6) is -2.69. The smallest absolute Gasteiger partial charge is 0.410 e. The molecule has 3 N–H and O–H groups in total. The number of sulfonamides is 1. The molecule has 2 aromatic rings. The number of fused-ring (bicyclic) bond motifs is 3. The minimum Gasteiger partial charge on any atom is -0.444 e. The van der Waals surface area contributed by atoms with Crippen molar-refractivity contribution < 1.29 is 41.9 Å². The molecule has 1 aromatic heterocycles. The Bertz CT molecular complexity index is 1900. The lowest BCUT2D eigenvalue weighted by atomic mass is 10.0. The third kappa shape index (κ3) is 8.81. The van der Waals surface area contributed by atoms with Crippen LogP contribution in [0.15, 0.2) is 52.1 Å². The Morgan fingerprint density at radius 1 is 1.08 bits per heavy atom. The van der Waals surface area contributed by atoms with E-state index in [-0.39, 0.29) is 43.1 Å². The van der Waals surface area contributed by atoms with Crippen LogP contribution in [0.2, 0.25) is 5.02 Å². The molecule has 0 bridgehead atoms. The Hall–Kier alpha value is -4.15. The molecule has 1 saturated carbocycles. The fraction of sp³-hybridized carbons (Fsp3) is 0.528. The lowest BCUT2D eigenvalue weighted by Gasteiger charge is -2.30. The molecule has 1 aromatic carbocycles. The molecule has 14 nitrogen and oxygen atoms in total. The van der Waals surface area contributed by atoms with Crippen LogP contribution in [0.25, 0.3) is 0 Å². The van der Waals surface area contributed by atoms with E-state index in [2.05, 4.69) is 15.4 Å². The number of hydrogen-bond acceptors (Lipinski definition) is 10. The Morgan fingerprint density at radius 3 is 2.58 bits per heavy atom. The van der Waals surface area contributed by atoms with Gasteiger partial charge in [0.15, 0.2) is 0 Å². The van der Waals surface area contributed by atoms with Crippen molar-refractivity contribution in [3.8, 4) is 0 Å². The van der Waals surface area contributed by atoms with E-state index in [1.807, 2.05) is 18.2 Å². The van der Waals surface area contributed by atoms with E-state index in [1.54, 1.807) is 44.4 Å². The molecule has 286 valence electrons. The summed E-state index contributed by atoms with van der Waals surface area (Å²) in [5.41, 5.74) is -0.734. The van der Waals surface area contributed by atoms with Gasteiger partial charge in [0, 0.05) is 23.9 Å². The van der Waals surface area contributed by atoms with Crippen molar-refractivity contribution in [2.24, 2.45) is 5.92 Å². The van der Waals surface area contributed by atoms with Gasteiger partial charge in [0.1, 0.15) is 33.5 Å². The predicted molar refractivity (Wildman–Crippen MR) is 195 cm³/mol. The van der Waals surface area contributed by atoms with Crippen molar-refractivity contribution in [1.82, 2.24) is 25.2 Å². The largest absolute Gasteiger partial charge is 0.444 e. The van der Waals surface area contributed by atoms with Crippen LogP contribution in [0.1, 0.15) is 76.8 Å². The maximum atomic E-state index is 14.4. The Balaban J connectivity index is 1.26. The van der Waals surface area contributed by atoms with Gasteiger partial charge in [-0.3, -0.25) is 19.3 Å². The molecule has 5 atom stereocenters. The summed E-state index contributed by atoms with van der Waals surface area (Å²) in [7, 11) is -4.21. The van der Waals surface area contributed by atoms with Crippen molar-refractivity contribution in [1.29, 1.82) is 0 Å². The normalized spacial score (nSPS) is 26.3. The van der Waals surface area contributed by atoms with Crippen LogP contribution in [0, 0.1) is 5.92 Å². The second-order valence-corrected chi connectivity index (χ2v) is 18.1. The van der Waals surface area contributed by atoms with Crippen molar-refractivity contribution in [3.05, 3.63) is 64.0 Å². The highest BCUT2D eigenvalue weighted by Gasteiger charge is 2.62. The number of carbonyl (C=O) groups excluding carboxylic acids is 5.